The van der Waals surface area contributed by atoms with Gasteiger partial charge in [-0.3, -0.25) is 9.88 Å². The average molecular weight is 380 g/mol. The van der Waals surface area contributed by atoms with E-state index in [-0.39, 0.29) is 0 Å². The highest BCUT2D eigenvalue weighted by atomic mass is 35.5. The third-order valence-electron chi connectivity index (χ3n) is 5.01. The number of nitrogens with zero attached hydrogens (tertiary/aromatic N) is 5. The molecule has 1 fully saturated rings. The number of piperazine rings is 1. The monoisotopic (exact) mass is 379 g/mol. The van der Waals surface area contributed by atoms with E-state index in [1.54, 1.807) is 0 Å². The van der Waals surface area contributed by atoms with Gasteiger partial charge in [-0.15, -0.1) is 0 Å². The van der Waals surface area contributed by atoms with Gasteiger partial charge in [0, 0.05) is 43.1 Å². The summed E-state index contributed by atoms with van der Waals surface area (Å²) in [6.07, 6.45) is 1.83. The second-order valence-electron chi connectivity index (χ2n) is 6.75. The quantitative estimate of drug-likeness (QED) is 0.540. The van der Waals surface area contributed by atoms with Gasteiger partial charge < -0.3 is 9.42 Å². The lowest BCUT2D eigenvalue weighted by Gasteiger charge is -2.34. The van der Waals surface area contributed by atoms with Crippen LogP contribution in [-0.2, 0) is 6.54 Å². The Kier molecular flexibility index (Phi) is 4.14. The van der Waals surface area contributed by atoms with E-state index in [1.165, 1.54) is 0 Å². The van der Waals surface area contributed by atoms with E-state index in [1.807, 2.05) is 42.6 Å². The Balaban J connectivity index is 1.28. The highest BCUT2D eigenvalue weighted by Gasteiger charge is 2.20. The maximum atomic E-state index is 6.02. The number of para-hydroxylation sites is 1. The van der Waals surface area contributed by atoms with Crippen LogP contribution in [0.5, 0.6) is 0 Å². The van der Waals surface area contributed by atoms with Crippen LogP contribution in [0.4, 0.5) is 5.82 Å². The molecule has 2 aromatic carbocycles. The van der Waals surface area contributed by atoms with Crippen LogP contribution < -0.4 is 4.90 Å². The summed E-state index contributed by atoms with van der Waals surface area (Å²) >= 11 is 6.02. The van der Waals surface area contributed by atoms with Gasteiger partial charge in [-0.25, -0.2) is 4.98 Å². The number of anilines is 1. The van der Waals surface area contributed by atoms with E-state index in [0.29, 0.717) is 5.02 Å². The molecule has 1 aliphatic heterocycles. The number of benzene rings is 2. The molecule has 5 rings (SSSR count). The molecular weight excluding hydrogens is 362 g/mol. The maximum absolute atomic E-state index is 6.02. The molecule has 0 saturated carbocycles. The first kappa shape index (κ1) is 16.5. The summed E-state index contributed by atoms with van der Waals surface area (Å²) in [5.74, 6) is 0.913. The van der Waals surface area contributed by atoms with Crippen molar-refractivity contribution in [2.45, 2.75) is 6.54 Å². The zero-order chi connectivity index (χ0) is 18.2. The second-order valence-corrected chi connectivity index (χ2v) is 7.19. The zero-order valence-corrected chi connectivity index (χ0v) is 15.4. The minimum atomic E-state index is 0.679. The summed E-state index contributed by atoms with van der Waals surface area (Å²) in [6.45, 7) is 4.50. The van der Waals surface area contributed by atoms with Gasteiger partial charge in [0.1, 0.15) is 11.5 Å². The lowest BCUT2D eigenvalue weighted by atomic mass is 10.2. The van der Waals surface area contributed by atoms with E-state index < -0.39 is 0 Å². The van der Waals surface area contributed by atoms with Gasteiger partial charge in [-0.2, -0.15) is 0 Å². The van der Waals surface area contributed by atoms with Crippen LogP contribution in [0.2, 0.25) is 5.02 Å². The third kappa shape index (κ3) is 3.22. The minimum Gasteiger partial charge on any atom is -0.356 e. The van der Waals surface area contributed by atoms with Gasteiger partial charge >= 0.3 is 0 Å². The lowest BCUT2D eigenvalue weighted by Crippen LogP contribution is -2.46. The molecule has 0 amide bonds. The van der Waals surface area contributed by atoms with Crippen LogP contribution >= 0.6 is 11.6 Å². The van der Waals surface area contributed by atoms with Gasteiger partial charge in [0.25, 0.3) is 0 Å². The molecule has 27 heavy (non-hydrogen) atoms. The topological polar surface area (TPSA) is 58.3 Å². The molecule has 0 spiro atoms. The van der Waals surface area contributed by atoms with Gasteiger partial charge in [0.05, 0.1) is 17.2 Å². The fraction of sp³-hybridized carbons (Fsp3) is 0.250. The Morgan fingerprint density at radius 1 is 1.00 bits per heavy atom. The number of hydrogen-bond acceptors (Lipinski definition) is 6. The maximum Gasteiger partial charge on any atom is 0.167 e. The minimum absolute atomic E-state index is 0.679. The standard InChI is InChI=1S/C20H18ClN5O/c21-14-5-6-16-17(11-14)22-12-20(23-16)26-9-7-25(8-10-26)13-18-15-3-1-2-4-19(15)27-24-18/h1-6,11-12H,7-10,13H2. The van der Waals surface area contributed by atoms with Crippen molar-refractivity contribution in [3.05, 3.63) is 59.4 Å². The van der Waals surface area contributed by atoms with Gasteiger partial charge in [-0.1, -0.05) is 28.9 Å². The summed E-state index contributed by atoms with van der Waals surface area (Å²) in [7, 11) is 0. The van der Waals surface area contributed by atoms with Crippen LogP contribution in [0, 0.1) is 0 Å². The van der Waals surface area contributed by atoms with Crippen LogP contribution in [0.15, 0.2) is 53.2 Å². The van der Waals surface area contributed by atoms with Crippen LogP contribution in [-0.4, -0.2) is 46.2 Å². The number of fused-ring (bicyclic) bond motifs is 2. The molecule has 3 heterocycles. The lowest BCUT2D eigenvalue weighted by molar-refractivity contribution is 0.243. The van der Waals surface area contributed by atoms with E-state index in [9.17, 15) is 0 Å². The first-order valence-electron chi connectivity index (χ1n) is 8.99. The van der Waals surface area contributed by atoms with E-state index >= 15 is 0 Å². The molecule has 1 aliphatic rings. The smallest absolute Gasteiger partial charge is 0.167 e. The molecule has 0 aliphatic carbocycles. The summed E-state index contributed by atoms with van der Waals surface area (Å²) < 4.78 is 5.42. The van der Waals surface area contributed by atoms with Crippen LogP contribution in [0.1, 0.15) is 5.69 Å². The molecule has 0 atom stereocenters. The zero-order valence-electron chi connectivity index (χ0n) is 14.7. The average Bonchev–Trinajstić information content (AvgIpc) is 3.11. The predicted molar refractivity (Wildman–Crippen MR) is 106 cm³/mol. The summed E-state index contributed by atoms with van der Waals surface area (Å²) in [4.78, 5) is 13.9. The predicted octanol–water partition coefficient (Wildman–Crippen LogP) is 3.75. The van der Waals surface area contributed by atoms with Gasteiger partial charge in [-0.05, 0) is 30.3 Å². The van der Waals surface area contributed by atoms with Crippen LogP contribution in [0.3, 0.4) is 0 Å². The number of halogens is 1. The number of aromatic nitrogens is 3. The fourth-order valence-corrected chi connectivity index (χ4v) is 3.69. The molecule has 0 unspecified atom stereocenters. The van der Waals surface area contributed by atoms with Crippen molar-refractivity contribution < 1.29 is 4.52 Å². The molecular formula is C20H18ClN5O. The molecule has 4 aromatic rings. The van der Waals surface area contributed by atoms with E-state index in [4.69, 9.17) is 21.1 Å². The fourth-order valence-electron chi connectivity index (χ4n) is 3.53. The van der Waals surface area contributed by atoms with Crippen molar-refractivity contribution in [2.75, 3.05) is 31.1 Å². The number of rotatable bonds is 3. The molecule has 136 valence electrons. The Morgan fingerprint density at radius 2 is 1.85 bits per heavy atom. The molecule has 0 N–H and O–H groups in total. The van der Waals surface area contributed by atoms with Gasteiger partial charge in [0.2, 0.25) is 0 Å². The van der Waals surface area contributed by atoms with E-state index in [0.717, 1.165) is 66.2 Å². The van der Waals surface area contributed by atoms with Gasteiger partial charge in [0.15, 0.2) is 5.58 Å². The molecule has 6 nitrogen and oxygen atoms in total. The Bertz CT molecular complexity index is 1100. The molecule has 0 bridgehead atoms. The largest absolute Gasteiger partial charge is 0.356 e. The molecule has 1 saturated heterocycles. The molecule has 0 radical (unpaired) electrons. The highest BCUT2D eigenvalue weighted by molar-refractivity contribution is 6.31. The Morgan fingerprint density at radius 3 is 2.74 bits per heavy atom. The Labute approximate surface area is 161 Å². The first-order chi connectivity index (χ1) is 13.3. The van der Waals surface area contributed by atoms with Crippen molar-refractivity contribution in [1.82, 2.24) is 20.0 Å². The summed E-state index contributed by atoms with van der Waals surface area (Å²) in [5, 5.41) is 6.02. The van der Waals surface area contributed by atoms with E-state index in [2.05, 4.69) is 26.0 Å². The highest BCUT2D eigenvalue weighted by Crippen LogP contribution is 2.22. The third-order valence-corrected chi connectivity index (χ3v) is 5.25. The van der Waals surface area contributed by atoms with Crippen molar-refractivity contribution in [2.24, 2.45) is 0 Å². The molecule has 7 heteroatoms. The normalized spacial score (nSPS) is 15.7. The summed E-state index contributed by atoms with van der Waals surface area (Å²) in [6, 6.07) is 13.6. The van der Waals surface area contributed by atoms with Crippen molar-refractivity contribution in [1.29, 1.82) is 0 Å². The van der Waals surface area contributed by atoms with Crippen molar-refractivity contribution in [3.8, 4) is 0 Å². The first-order valence-corrected chi connectivity index (χ1v) is 9.37. The summed E-state index contributed by atoms with van der Waals surface area (Å²) in [5.41, 5.74) is 3.54. The van der Waals surface area contributed by atoms with Crippen molar-refractivity contribution in [3.63, 3.8) is 0 Å². The second kappa shape index (κ2) is 6.79. The SMILES string of the molecule is Clc1ccc2nc(N3CCN(Cc4noc5ccccc45)CC3)cnc2c1. The Hall–Kier alpha value is -2.70. The van der Waals surface area contributed by atoms with Crippen LogP contribution in [0.25, 0.3) is 22.0 Å². The molecule has 2 aromatic heterocycles. The van der Waals surface area contributed by atoms with Crippen molar-refractivity contribution >= 4 is 39.4 Å². The number of hydrogen-bond donors (Lipinski definition) is 0.